The highest BCUT2D eigenvalue weighted by Gasteiger charge is 1.88. The van der Waals surface area contributed by atoms with Gasteiger partial charge in [0.05, 0.1) is 6.10 Å². The van der Waals surface area contributed by atoms with E-state index < -0.39 is 0 Å². The molecule has 1 nitrogen and oxygen atoms in total. The van der Waals surface area contributed by atoms with E-state index >= 15 is 0 Å². The molecule has 42 valence electrons. The molecule has 0 aromatic heterocycles. The quantitative estimate of drug-likeness (QED) is 0.526. The van der Waals surface area contributed by atoms with E-state index in [0.29, 0.717) is 6.10 Å². The largest absolute Gasteiger partial charge is 0.366 e. The van der Waals surface area contributed by atoms with Gasteiger partial charge in [0.1, 0.15) is 6.61 Å². The van der Waals surface area contributed by atoms with Crippen LogP contribution in [0.1, 0.15) is 27.2 Å². The zero-order valence-electron chi connectivity index (χ0n) is 5.19. The predicted molar refractivity (Wildman–Crippen MR) is 29.8 cm³/mol. The molecule has 0 spiro atoms. The highest BCUT2D eigenvalue weighted by atomic mass is 16.5. The average molecular weight is 100 g/mol. The molecular weight excluding hydrogens is 88.1 g/mol. The number of ether oxygens (including phenoxy) is 1. The van der Waals surface area contributed by atoms with Gasteiger partial charge in [-0.1, -0.05) is 6.92 Å². The molecule has 2 radical (unpaired) electrons. The van der Waals surface area contributed by atoms with Gasteiger partial charge in [-0.2, -0.15) is 0 Å². The van der Waals surface area contributed by atoms with E-state index in [-0.39, 0.29) is 0 Å². The van der Waals surface area contributed by atoms with Crippen molar-refractivity contribution in [3.05, 3.63) is 6.61 Å². The molecule has 0 amide bonds. The second-order valence-corrected chi connectivity index (χ2v) is 1.66. The maximum absolute atomic E-state index is 4.94. The topological polar surface area (TPSA) is 9.23 Å². The maximum Gasteiger partial charge on any atom is 0.132 e. The van der Waals surface area contributed by atoms with Crippen molar-refractivity contribution in [1.29, 1.82) is 0 Å². The fraction of sp³-hybridized carbons (Fsp3) is 0.833. The molecular formula is C6H12O. The fourth-order valence-corrected chi connectivity index (χ4v) is 0.250. The normalized spacial score (nSPS) is 10.3. The van der Waals surface area contributed by atoms with E-state index in [2.05, 4.69) is 6.61 Å². The third-order valence-electron chi connectivity index (χ3n) is 0.463. The third kappa shape index (κ3) is 5.96. The summed E-state index contributed by atoms with van der Waals surface area (Å²) in [5.41, 5.74) is 0. The fourth-order valence-electron chi connectivity index (χ4n) is 0.250. The van der Waals surface area contributed by atoms with Crippen LogP contribution in [0.4, 0.5) is 0 Å². The van der Waals surface area contributed by atoms with Crippen LogP contribution in [0.5, 0.6) is 0 Å². The number of hydrogen-bond acceptors (Lipinski definition) is 1. The Morgan fingerprint density at radius 3 is 2.29 bits per heavy atom. The molecule has 0 rings (SSSR count). The lowest BCUT2D eigenvalue weighted by Gasteiger charge is -2.01. The Kier molecular flexibility index (Phi) is 4.10. The van der Waals surface area contributed by atoms with Gasteiger partial charge in [-0.3, -0.25) is 0 Å². The van der Waals surface area contributed by atoms with E-state index in [1.54, 1.807) is 0 Å². The zero-order valence-corrected chi connectivity index (χ0v) is 5.19. The van der Waals surface area contributed by atoms with Gasteiger partial charge in [-0.15, -0.1) is 0 Å². The van der Waals surface area contributed by atoms with Crippen LogP contribution in [-0.2, 0) is 4.74 Å². The van der Waals surface area contributed by atoms with Gasteiger partial charge < -0.3 is 4.74 Å². The van der Waals surface area contributed by atoms with Gasteiger partial charge in [0.15, 0.2) is 0 Å². The molecule has 0 saturated heterocycles. The summed E-state index contributed by atoms with van der Waals surface area (Å²) >= 11 is 0. The Balaban J connectivity index is 2.68. The van der Waals surface area contributed by atoms with E-state index in [4.69, 9.17) is 4.74 Å². The van der Waals surface area contributed by atoms with E-state index in [9.17, 15) is 0 Å². The van der Waals surface area contributed by atoms with Crippen LogP contribution in [0.15, 0.2) is 0 Å². The molecule has 7 heavy (non-hydrogen) atoms. The van der Waals surface area contributed by atoms with Crippen molar-refractivity contribution >= 4 is 0 Å². The van der Waals surface area contributed by atoms with Crippen molar-refractivity contribution < 1.29 is 4.74 Å². The molecule has 0 aromatic carbocycles. The summed E-state index contributed by atoms with van der Waals surface area (Å²) in [4.78, 5) is 0. The smallest absolute Gasteiger partial charge is 0.132 e. The molecule has 0 N–H and O–H groups in total. The summed E-state index contributed by atoms with van der Waals surface area (Å²) in [6, 6.07) is 0. The van der Waals surface area contributed by atoms with Crippen LogP contribution < -0.4 is 0 Å². The lowest BCUT2D eigenvalue weighted by molar-refractivity contribution is 0.132. The molecule has 0 aliphatic carbocycles. The molecule has 0 unspecified atom stereocenters. The number of hydrogen-bond donors (Lipinski definition) is 0. The Labute approximate surface area is 45.7 Å². The summed E-state index contributed by atoms with van der Waals surface area (Å²) in [7, 11) is 0. The number of rotatable bonds is 3. The Bertz CT molecular complexity index is 33.2. The molecule has 0 aromatic rings. The average Bonchev–Trinajstić information content (AvgIpc) is 1.61. The van der Waals surface area contributed by atoms with Gasteiger partial charge in [0.2, 0.25) is 0 Å². The molecule has 0 aliphatic heterocycles. The molecule has 0 bridgehead atoms. The van der Waals surface area contributed by atoms with Gasteiger partial charge in [0.25, 0.3) is 0 Å². The van der Waals surface area contributed by atoms with Crippen molar-refractivity contribution in [3.63, 3.8) is 0 Å². The SMILES string of the molecule is CC[C]OC(C)C. The van der Waals surface area contributed by atoms with Gasteiger partial charge in [-0.05, 0) is 20.3 Å². The minimum absolute atomic E-state index is 0.292. The first kappa shape index (κ1) is 6.96. The van der Waals surface area contributed by atoms with Crippen LogP contribution in [0.25, 0.3) is 0 Å². The standard InChI is InChI=1S/C6H12O/c1-4-5-7-6(2)3/h6H,4H2,1-3H3. The Morgan fingerprint density at radius 2 is 2.14 bits per heavy atom. The highest BCUT2D eigenvalue weighted by Crippen LogP contribution is 1.92. The predicted octanol–water partition coefficient (Wildman–Crippen LogP) is 1.86. The first-order chi connectivity index (χ1) is 3.27. The molecule has 0 aliphatic rings. The van der Waals surface area contributed by atoms with Gasteiger partial charge in [-0.25, -0.2) is 0 Å². The Hall–Kier alpha value is -0.0400. The van der Waals surface area contributed by atoms with Crippen LogP contribution in [-0.4, -0.2) is 6.10 Å². The van der Waals surface area contributed by atoms with Crippen LogP contribution in [0.2, 0.25) is 0 Å². The van der Waals surface area contributed by atoms with Crippen molar-refractivity contribution in [2.24, 2.45) is 0 Å². The molecule has 1 heteroatoms. The van der Waals surface area contributed by atoms with Crippen LogP contribution in [0.3, 0.4) is 0 Å². The Morgan fingerprint density at radius 1 is 1.57 bits per heavy atom. The molecule has 0 saturated carbocycles. The van der Waals surface area contributed by atoms with E-state index in [1.165, 1.54) is 0 Å². The zero-order chi connectivity index (χ0) is 5.70. The minimum atomic E-state index is 0.292. The highest BCUT2D eigenvalue weighted by molar-refractivity contribution is 4.46. The lowest BCUT2D eigenvalue weighted by Crippen LogP contribution is -1.97. The van der Waals surface area contributed by atoms with Gasteiger partial charge in [0, 0.05) is 0 Å². The summed E-state index contributed by atoms with van der Waals surface area (Å²) in [5.74, 6) is 0. The second-order valence-electron chi connectivity index (χ2n) is 1.66. The minimum Gasteiger partial charge on any atom is -0.366 e. The molecule has 0 heterocycles. The summed E-state index contributed by atoms with van der Waals surface area (Å²) in [6.45, 7) is 8.73. The summed E-state index contributed by atoms with van der Waals surface area (Å²) in [5, 5.41) is 0. The third-order valence-corrected chi connectivity index (χ3v) is 0.463. The monoisotopic (exact) mass is 100 g/mol. The molecule has 0 atom stereocenters. The van der Waals surface area contributed by atoms with Crippen molar-refractivity contribution in [3.8, 4) is 0 Å². The first-order valence-corrected chi connectivity index (χ1v) is 2.66. The van der Waals surface area contributed by atoms with Crippen molar-refractivity contribution in [2.75, 3.05) is 0 Å². The van der Waals surface area contributed by atoms with Crippen LogP contribution >= 0.6 is 0 Å². The first-order valence-electron chi connectivity index (χ1n) is 2.66. The summed E-state index contributed by atoms with van der Waals surface area (Å²) < 4.78 is 4.94. The molecule has 0 fully saturated rings. The van der Waals surface area contributed by atoms with Crippen LogP contribution in [0, 0.1) is 6.61 Å². The van der Waals surface area contributed by atoms with E-state index in [0.717, 1.165) is 6.42 Å². The van der Waals surface area contributed by atoms with Crippen molar-refractivity contribution in [2.45, 2.75) is 33.3 Å². The van der Waals surface area contributed by atoms with Gasteiger partial charge >= 0.3 is 0 Å². The van der Waals surface area contributed by atoms with Crippen molar-refractivity contribution in [1.82, 2.24) is 0 Å². The second kappa shape index (κ2) is 4.13. The lowest BCUT2D eigenvalue weighted by atomic mass is 10.4. The summed E-state index contributed by atoms with van der Waals surface area (Å²) in [6.07, 6.45) is 1.16. The maximum atomic E-state index is 4.94. The van der Waals surface area contributed by atoms with E-state index in [1.807, 2.05) is 20.8 Å².